The van der Waals surface area contributed by atoms with Crippen molar-refractivity contribution in [2.45, 2.75) is 26.3 Å². The zero-order chi connectivity index (χ0) is 17.3. The van der Waals surface area contributed by atoms with Crippen LogP contribution in [0.25, 0.3) is 0 Å². The third-order valence-corrected chi connectivity index (χ3v) is 4.78. The Morgan fingerprint density at radius 1 is 1.35 bits per heavy atom. The van der Waals surface area contributed by atoms with Gasteiger partial charge >= 0.3 is 0 Å². The minimum absolute atomic E-state index is 0. The highest BCUT2D eigenvalue weighted by Crippen LogP contribution is 2.24. The number of carbonyl (C=O) groups excluding carboxylic acids is 1. The van der Waals surface area contributed by atoms with E-state index in [9.17, 15) is 9.18 Å². The van der Waals surface area contributed by atoms with Gasteiger partial charge in [0.25, 0.3) is 0 Å². The SMILES string of the molecule is Cc1nn(C)c(C)c1CC(=O)N1CCNCC1c1cccc(F)c1.Cl.Cl. The van der Waals surface area contributed by atoms with Crippen molar-refractivity contribution in [1.82, 2.24) is 20.0 Å². The molecule has 5 nitrogen and oxygen atoms in total. The Labute approximate surface area is 165 Å². The molecule has 2 aromatic rings. The Balaban J connectivity index is 0.00000169. The molecule has 1 N–H and O–H groups in total. The molecule has 1 aromatic heterocycles. The molecule has 0 spiro atoms. The van der Waals surface area contributed by atoms with Crippen LogP contribution in [0.5, 0.6) is 0 Å². The number of aryl methyl sites for hydroxylation is 2. The van der Waals surface area contributed by atoms with Crippen molar-refractivity contribution in [2.75, 3.05) is 19.6 Å². The topological polar surface area (TPSA) is 50.2 Å². The minimum Gasteiger partial charge on any atom is -0.333 e. The van der Waals surface area contributed by atoms with E-state index in [-0.39, 0.29) is 42.6 Å². The highest BCUT2D eigenvalue weighted by atomic mass is 35.5. The molecule has 1 atom stereocenters. The number of benzene rings is 1. The number of aromatic nitrogens is 2. The molecule has 1 amide bonds. The number of rotatable bonds is 3. The monoisotopic (exact) mass is 402 g/mol. The summed E-state index contributed by atoms with van der Waals surface area (Å²) in [6, 6.07) is 6.37. The van der Waals surface area contributed by atoms with Crippen LogP contribution in [-0.4, -0.2) is 40.2 Å². The van der Waals surface area contributed by atoms with E-state index in [0.717, 1.165) is 29.1 Å². The van der Waals surface area contributed by atoms with Gasteiger partial charge in [-0.3, -0.25) is 9.48 Å². The van der Waals surface area contributed by atoms with Crippen molar-refractivity contribution in [3.05, 3.63) is 52.6 Å². The molecule has 0 bridgehead atoms. The Kier molecular flexibility index (Phi) is 8.06. The van der Waals surface area contributed by atoms with Gasteiger partial charge in [0, 0.05) is 37.9 Å². The highest BCUT2D eigenvalue weighted by molar-refractivity contribution is 5.85. The number of piperazine rings is 1. The van der Waals surface area contributed by atoms with Gasteiger partial charge in [0.2, 0.25) is 5.91 Å². The minimum atomic E-state index is -0.274. The fourth-order valence-electron chi connectivity index (χ4n) is 3.34. The fraction of sp³-hybridized carbons (Fsp3) is 0.444. The summed E-state index contributed by atoms with van der Waals surface area (Å²) in [5.41, 5.74) is 3.72. The highest BCUT2D eigenvalue weighted by Gasteiger charge is 2.29. The zero-order valence-corrected chi connectivity index (χ0v) is 16.8. The van der Waals surface area contributed by atoms with Gasteiger partial charge in [0.1, 0.15) is 5.82 Å². The molecule has 1 aliphatic rings. The Hall–Kier alpha value is -1.63. The predicted molar refractivity (Wildman–Crippen MR) is 105 cm³/mol. The van der Waals surface area contributed by atoms with E-state index in [4.69, 9.17) is 0 Å². The lowest BCUT2D eigenvalue weighted by Gasteiger charge is -2.36. The van der Waals surface area contributed by atoms with E-state index in [2.05, 4.69) is 10.4 Å². The first-order chi connectivity index (χ1) is 11.5. The van der Waals surface area contributed by atoms with Crippen molar-refractivity contribution in [2.24, 2.45) is 7.05 Å². The maximum Gasteiger partial charge on any atom is 0.227 e. The van der Waals surface area contributed by atoms with E-state index in [1.165, 1.54) is 12.1 Å². The molecule has 2 heterocycles. The molecule has 1 aromatic carbocycles. The average Bonchev–Trinajstić information content (AvgIpc) is 2.81. The van der Waals surface area contributed by atoms with Crippen LogP contribution in [0.15, 0.2) is 24.3 Å². The van der Waals surface area contributed by atoms with Gasteiger partial charge in [-0.05, 0) is 31.5 Å². The lowest BCUT2D eigenvalue weighted by Crippen LogP contribution is -2.49. The first kappa shape index (κ1) is 22.4. The van der Waals surface area contributed by atoms with Gasteiger partial charge in [-0.25, -0.2) is 4.39 Å². The second-order valence-corrected chi connectivity index (χ2v) is 6.31. The molecule has 1 fully saturated rings. The second-order valence-electron chi connectivity index (χ2n) is 6.31. The molecular formula is C18H25Cl2FN4O. The summed E-state index contributed by atoms with van der Waals surface area (Å²) in [6.07, 6.45) is 0.331. The van der Waals surface area contributed by atoms with Gasteiger partial charge in [0.15, 0.2) is 0 Å². The molecule has 144 valence electrons. The number of hydrogen-bond donors (Lipinski definition) is 1. The standard InChI is InChI=1S/C18H23FN4O.2ClH/c1-12-16(13(2)22(3)21-12)10-18(24)23-8-7-20-11-17(23)14-5-4-6-15(19)9-14;;/h4-6,9,17,20H,7-8,10-11H2,1-3H3;2*1H. The van der Waals surface area contributed by atoms with E-state index in [0.29, 0.717) is 19.5 Å². The third-order valence-electron chi connectivity index (χ3n) is 4.78. The van der Waals surface area contributed by atoms with Crippen molar-refractivity contribution in [1.29, 1.82) is 0 Å². The molecule has 1 saturated heterocycles. The molecule has 0 aliphatic carbocycles. The Bertz CT molecular complexity index is 766. The van der Waals surface area contributed by atoms with E-state index in [1.807, 2.05) is 31.9 Å². The van der Waals surface area contributed by atoms with Crippen molar-refractivity contribution in [3.63, 3.8) is 0 Å². The van der Waals surface area contributed by atoms with Gasteiger partial charge in [0.05, 0.1) is 18.2 Å². The Morgan fingerprint density at radius 3 is 2.69 bits per heavy atom. The van der Waals surface area contributed by atoms with Gasteiger partial charge in [-0.2, -0.15) is 5.10 Å². The van der Waals surface area contributed by atoms with E-state index >= 15 is 0 Å². The van der Waals surface area contributed by atoms with Gasteiger partial charge < -0.3 is 10.2 Å². The maximum atomic E-state index is 13.6. The normalized spacial score (nSPS) is 16.6. The number of carbonyl (C=O) groups is 1. The number of nitrogens with one attached hydrogen (secondary N) is 1. The van der Waals surface area contributed by atoms with E-state index < -0.39 is 0 Å². The van der Waals surface area contributed by atoms with Crippen molar-refractivity contribution >= 4 is 30.7 Å². The lowest BCUT2D eigenvalue weighted by molar-refractivity contribution is -0.133. The smallest absolute Gasteiger partial charge is 0.227 e. The molecule has 1 aliphatic heterocycles. The first-order valence-corrected chi connectivity index (χ1v) is 8.22. The van der Waals surface area contributed by atoms with Crippen molar-refractivity contribution < 1.29 is 9.18 Å². The van der Waals surface area contributed by atoms with Crippen LogP contribution >= 0.6 is 24.8 Å². The van der Waals surface area contributed by atoms with Gasteiger partial charge in [-0.1, -0.05) is 12.1 Å². The second kappa shape index (κ2) is 9.35. The number of amides is 1. The van der Waals surface area contributed by atoms with Crippen LogP contribution in [0.3, 0.4) is 0 Å². The van der Waals surface area contributed by atoms with Crippen LogP contribution in [0.4, 0.5) is 4.39 Å². The summed E-state index contributed by atoms with van der Waals surface area (Å²) >= 11 is 0. The first-order valence-electron chi connectivity index (χ1n) is 8.22. The number of halogens is 3. The molecule has 26 heavy (non-hydrogen) atoms. The van der Waals surface area contributed by atoms with Crippen LogP contribution in [0.2, 0.25) is 0 Å². The Morgan fingerprint density at radius 2 is 2.08 bits per heavy atom. The third kappa shape index (κ3) is 4.55. The average molecular weight is 403 g/mol. The van der Waals surface area contributed by atoms with Crippen LogP contribution in [-0.2, 0) is 18.3 Å². The molecular weight excluding hydrogens is 378 g/mol. The maximum absolute atomic E-state index is 13.6. The van der Waals surface area contributed by atoms with Crippen LogP contribution < -0.4 is 5.32 Å². The largest absolute Gasteiger partial charge is 0.333 e. The molecule has 0 radical (unpaired) electrons. The molecule has 1 unspecified atom stereocenters. The summed E-state index contributed by atoms with van der Waals surface area (Å²) in [4.78, 5) is 14.8. The van der Waals surface area contributed by atoms with E-state index in [1.54, 1.807) is 10.7 Å². The molecule has 8 heteroatoms. The summed E-state index contributed by atoms with van der Waals surface area (Å²) in [5.74, 6) is -0.214. The number of nitrogens with zero attached hydrogens (tertiary/aromatic N) is 3. The lowest BCUT2D eigenvalue weighted by atomic mass is 10.0. The van der Waals surface area contributed by atoms with Gasteiger partial charge in [-0.15, -0.1) is 24.8 Å². The quantitative estimate of drug-likeness (QED) is 0.858. The fourth-order valence-corrected chi connectivity index (χ4v) is 3.34. The van der Waals surface area contributed by atoms with Crippen molar-refractivity contribution in [3.8, 4) is 0 Å². The zero-order valence-electron chi connectivity index (χ0n) is 15.2. The molecule has 3 rings (SSSR count). The summed E-state index contributed by atoms with van der Waals surface area (Å²) in [7, 11) is 1.89. The summed E-state index contributed by atoms with van der Waals surface area (Å²) in [5, 5.41) is 7.68. The summed E-state index contributed by atoms with van der Waals surface area (Å²) in [6.45, 7) is 5.92. The van der Waals surface area contributed by atoms with Crippen LogP contribution in [0, 0.1) is 19.7 Å². The predicted octanol–water partition coefficient (Wildman–Crippen LogP) is 2.74. The molecule has 0 saturated carbocycles. The van der Waals surface area contributed by atoms with Crippen LogP contribution in [0.1, 0.15) is 28.6 Å². The summed E-state index contributed by atoms with van der Waals surface area (Å²) < 4.78 is 15.4. The number of hydrogen-bond acceptors (Lipinski definition) is 3.